The van der Waals surface area contributed by atoms with Gasteiger partial charge in [-0.2, -0.15) is 5.10 Å². The lowest BCUT2D eigenvalue weighted by atomic mass is 10.2. The van der Waals surface area contributed by atoms with Crippen LogP contribution in [0.3, 0.4) is 0 Å². The Morgan fingerprint density at radius 3 is 2.71 bits per heavy atom. The van der Waals surface area contributed by atoms with Crippen LogP contribution < -0.4 is 5.32 Å². The average Bonchev–Trinajstić information content (AvgIpc) is 3.09. The summed E-state index contributed by atoms with van der Waals surface area (Å²) in [4.78, 5) is 5.13. The molecule has 3 aromatic rings. The molecule has 0 radical (unpaired) electrons. The van der Waals surface area contributed by atoms with Crippen LogP contribution in [0.25, 0.3) is 0 Å². The van der Waals surface area contributed by atoms with Crippen molar-refractivity contribution in [1.82, 2.24) is 14.8 Å². The van der Waals surface area contributed by atoms with Gasteiger partial charge < -0.3 is 5.32 Å². The van der Waals surface area contributed by atoms with E-state index < -0.39 is 0 Å². The van der Waals surface area contributed by atoms with Crippen LogP contribution in [-0.2, 0) is 13.1 Å². The quantitative estimate of drug-likeness (QED) is 0.709. The zero-order valence-corrected chi connectivity index (χ0v) is 14.1. The molecule has 0 atom stereocenters. The van der Waals surface area contributed by atoms with Crippen molar-refractivity contribution in [3.8, 4) is 0 Å². The molecule has 0 aliphatic carbocycles. The highest BCUT2D eigenvalue weighted by Gasteiger charge is 2.04. The van der Waals surface area contributed by atoms with Crippen molar-refractivity contribution in [2.24, 2.45) is 0 Å². The fraction of sp³-hybridized carbons (Fsp3) is 0.143. The van der Waals surface area contributed by atoms with Crippen molar-refractivity contribution in [2.45, 2.75) is 13.1 Å². The molecule has 0 spiro atoms. The van der Waals surface area contributed by atoms with Crippen LogP contribution in [0.15, 0.2) is 47.5 Å². The molecular formula is C14H12BrClN4S. The van der Waals surface area contributed by atoms with Crippen molar-refractivity contribution in [3.05, 3.63) is 62.2 Å². The Bertz CT molecular complexity index is 690. The van der Waals surface area contributed by atoms with Crippen molar-refractivity contribution in [2.75, 3.05) is 5.32 Å². The van der Waals surface area contributed by atoms with Gasteiger partial charge in [0.05, 0.1) is 6.54 Å². The highest BCUT2D eigenvalue weighted by Crippen LogP contribution is 2.32. The predicted octanol–water partition coefficient (Wildman–Crippen LogP) is 4.42. The maximum Gasteiger partial charge on any atom is 0.137 e. The van der Waals surface area contributed by atoms with Gasteiger partial charge in [-0.25, -0.2) is 9.67 Å². The maximum atomic E-state index is 6.03. The van der Waals surface area contributed by atoms with Crippen LogP contribution in [0.1, 0.15) is 10.4 Å². The van der Waals surface area contributed by atoms with Gasteiger partial charge in [0.25, 0.3) is 0 Å². The fourth-order valence-corrected chi connectivity index (χ4v) is 3.63. The molecule has 0 aliphatic rings. The number of halogens is 2. The van der Waals surface area contributed by atoms with Gasteiger partial charge in [-0.1, -0.05) is 23.7 Å². The Morgan fingerprint density at radius 1 is 1.29 bits per heavy atom. The molecule has 2 heterocycles. The zero-order chi connectivity index (χ0) is 14.7. The largest absolute Gasteiger partial charge is 0.380 e. The van der Waals surface area contributed by atoms with E-state index in [0.717, 1.165) is 27.6 Å². The molecule has 1 aromatic carbocycles. The zero-order valence-electron chi connectivity index (χ0n) is 11.0. The summed E-state index contributed by atoms with van der Waals surface area (Å²) in [5, 5.41) is 7.48. The van der Waals surface area contributed by atoms with E-state index >= 15 is 0 Å². The number of hydrogen-bond acceptors (Lipinski definition) is 4. The second kappa shape index (κ2) is 6.60. The second-order valence-electron chi connectivity index (χ2n) is 4.48. The first kappa shape index (κ1) is 14.6. The molecular weight excluding hydrogens is 372 g/mol. The predicted molar refractivity (Wildman–Crippen MR) is 89.9 cm³/mol. The van der Waals surface area contributed by atoms with Crippen molar-refractivity contribution >= 4 is 44.6 Å². The molecule has 3 rings (SSSR count). The molecule has 7 heteroatoms. The highest BCUT2D eigenvalue weighted by molar-refractivity contribution is 9.10. The molecule has 108 valence electrons. The molecule has 0 fully saturated rings. The van der Waals surface area contributed by atoms with E-state index in [9.17, 15) is 0 Å². The molecule has 21 heavy (non-hydrogen) atoms. The molecule has 0 saturated heterocycles. The summed E-state index contributed by atoms with van der Waals surface area (Å²) in [6.07, 6.45) is 3.25. The minimum atomic E-state index is 0.730. The molecule has 0 aliphatic heterocycles. The lowest BCUT2D eigenvalue weighted by Gasteiger charge is -2.06. The summed E-state index contributed by atoms with van der Waals surface area (Å²) < 4.78 is 3.54. The van der Waals surface area contributed by atoms with Crippen molar-refractivity contribution < 1.29 is 0 Å². The number of anilines is 1. The number of nitrogens with zero attached hydrogens (tertiary/aromatic N) is 3. The molecule has 0 unspecified atom stereocenters. The van der Waals surface area contributed by atoms with Crippen LogP contribution in [0, 0.1) is 0 Å². The molecule has 0 saturated carbocycles. The monoisotopic (exact) mass is 382 g/mol. The summed E-state index contributed by atoms with van der Waals surface area (Å²) in [5.41, 5.74) is 2.27. The number of rotatable bonds is 5. The van der Waals surface area contributed by atoms with Gasteiger partial charge in [-0.05, 0) is 39.7 Å². The second-order valence-corrected chi connectivity index (χ2v) is 7.07. The smallest absolute Gasteiger partial charge is 0.137 e. The van der Waals surface area contributed by atoms with Gasteiger partial charge in [-0.3, -0.25) is 0 Å². The van der Waals surface area contributed by atoms with E-state index in [2.05, 4.69) is 55.6 Å². The van der Waals surface area contributed by atoms with Gasteiger partial charge in [0.15, 0.2) is 0 Å². The third kappa shape index (κ3) is 3.84. The van der Waals surface area contributed by atoms with Gasteiger partial charge in [0, 0.05) is 21.6 Å². The maximum absolute atomic E-state index is 6.03. The summed E-state index contributed by atoms with van der Waals surface area (Å²) in [6, 6.07) is 10.3. The SMILES string of the molecule is Clc1sc(CNc2ccc(Cn3cncn3)cc2)cc1Br. The van der Waals surface area contributed by atoms with Crippen LogP contribution in [-0.4, -0.2) is 14.8 Å². The van der Waals surface area contributed by atoms with E-state index in [-0.39, 0.29) is 0 Å². The van der Waals surface area contributed by atoms with E-state index in [4.69, 9.17) is 11.6 Å². The lowest BCUT2D eigenvalue weighted by molar-refractivity contribution is 0.685. The highest BCUT2D eigenvalue weighted by atomic mass is 79.9. The first-order valence-electron chi connectivity index (χ1n) is 6.29. The molecule has 4 nitrogen and oxygen atoms in total. The van der Waals surface area contributed by atoms with Gasteiger partial charge >= 0.3 is 0 Å². The number of thiophene rings is 1. The Morgan fingerprint density at radius 2 is 2.10 bits per heavy atom. The van der Waals surface area contributed by atoms with Crippen LogP contribution in [0.4, 0.5) is 5.69 Å². The summed E-state index contributed by atoms with van der Waals surface area (Å²) in [6.45, 7) is 1.49. The summed E-state index contributed by atoms with van der Waals surface area (Å²) >= 11 is 11.0. The molecule has 2 aromatic heterocycles. The third-order valence-electron chi connectivity index (χ3n) is 2.93. The van der Waals surface area contributed by atoms with Gasteiger partial charge in [0.1, 0.15) is 17.0 Å². The number of hydrogen-bond donors (Lipinski definition) is 1. The first-order chi connectivity index (χ1) is 10.2. The number of nitrogens with one attached hydrogen (secondary N) is 1. The Hall–Kier alpha value is -1.37. The number of benzene rings is 1. The van der Waals surface area contributed by atoms with E-state index in [1.807, 2.05) is 6.07 Å². The van der Waals surface area contributed by atoms with Gasteiger partial charge in [-0.15, -0.1) is 11.3 Å². The van der Waals surface area contributed by atoms with Crippen LogP contribution >= 0.6 is 38.9 Å². The van der Waals surface area contributed by atoms with Crippen molar-refractivity contribution in [3.63, 3.8) is 0 Å². The topological polar surface area (TPSA) is 42.7 Å². The van der Waals surface area contributed by atoms with E-state index in [1.54, 1.807) is 28.7 Å². The standard InChI is InChI=1S/C14H12BrClN4S/c15-13-5-12(21-14(13)16)6-18-11-3-1-10(2-4-11)7-20-9-17-8-19-20/h1-5,8-9,18H,6-7H2. The first-order valence-corrected chi connectivity index (χ1v) is 8.28. The molecule has 1 N–H and O–H groups in total. The normalized spacial score (nSPS) is 10.8. The van der Waals surface area contributed by atoms with Gasteiger partial charge in [0.2, 0.25) is 0 Å². The van der Waals surface area contributed by atoms with Crippen molar-refractivity contribution in [1.29, 1.82) is 0 Å². The Balaban J connectivity index is 1.59. The third-order valence-corrected chi connectivity index (χ3v) is 5.40. The number of aromatic nitrogens is 3. The molecule has 0 bridgehead atoms. The molecule has 0 amide bonds. The minimum Gasteiger partial charge on any atom is -0.380 e. The average molecular weight is 384 g/mol. The fourth-order valence-electron chi connectivity index (χ4n) is 1.90. The lowest BCUT2D eigenvalue weighted by Crippen LogP contribution is -2.01. The Labute approximate surface area is 139 Å². The van der Waals surface area contributed by atoms with E-state index in [1.165, 1.54) is 10.4 Å². The summed E-state index contributed by atoms with van der Waals surface area (Å²) in [5.74, 6) is 0. The minimum absolute atomic E-state index is 0.730. The van der Waals surface area contributed by atoms with Crippen LogP contribution in [0.5, 0.6) is 0 Å². The van der Waals surface area contributed by atoms with E-state index in [0.29, 0.717) is 0 Å². The summed E-state index contributed by atoms with van der Waals surface area (Å²) in [7, 11) is 0. The Kier molecular flexibility index (Phi) is 4.57. The van der Waals surface area contributed by atoms with Crippen LogP contribution in [0.2, 0.25) is 4.34 Å².